The molecule has 0 spiro atoms. The van der Waals surface area contributed by atoms with Crippen LogP contribution in [0.5, 0.6) is 0 Å². The van der Waals surface area contributed by atoms with Crippen LogP contribution in [0.4, 0.5) is 0 Å². The van der Waals surface area contributed by atoms with Crippen molar-refractivity contribution in [3.8, 4) is 0 Å². The minimum atomic E-state index is 0.750. The van der Waals surface area contributed by atoms with Gasteiger partial charge in [0.25, 0.3) is 0 Å². The summed E-state index contributed by atoms with van der Waals surface area (Å²) in [5, 5.41) is 0. The van der Waals surface area contributed by atoms with Crippen molar-refractivity contribution in [2.45, 2.75) is 19.3 Å². The molecule has 1 aromatic rings. The topological polar surface area (TPSA) is 35.2 Å². The molecule has 0 bridgehead atoms. The van der Waals surface area contributed by atoms with Gasteiger partial charge in [-0.1, -0.05) is 24.3 Å². The molecular weight excluding hydrogens is 186 g/mol. The van der Waals surface area contributed by atoms with Crippen molar-refractivity contribution in [1.82, 2.24) is 0 Å². The van der Waals surface area contributed by atoms with Crippen LogP contribution in [0.2, 0.25) is 0 Å². The highest BCUT2D eigenvalue weighted by molar-refractivity contribution is 5.23. The van der Waals surface area contributed by atoms with E-state index in [1.807, 2.05) is 0 Å². The van der Waals surface area contributed by atoms with Gasteiger partial charge in [-0.15, -0.1) is 0 Å². The van der Waals surface area contributed by atoms with E-state index in [1.165, 1.54) is 11.1 Å². The van der Waals surface area contributed by atoms with Gasteiger partial charge >= 0.3 is 0 Å². The van der Waals surface area contributed by atoms with Crippen molar-refractivity contribution in [3.63, 3.8) is 0 Å². The SMILES string of the molecule is NCCCc1ccc(CC2COC2)cc1. The molecule has 1 aliphatic heterocycles. The van der Waals surface area contributed by atoms with Crippen molar-refractivity contribution < 1.29 is 4.74 Å². The normalized spacial score (nSPS) is 16.3. The van der Waals surface area contributed by atoms with E-state index in [0.717, 1.165) is 44.9 Å². The molecular formula is C13H19NO. The average Bonchev–Trinajstić information content (AvgIpc) is 2.22. The second-order valence-electron chi connectivity index (χ2n) is 4.32. The van der Waals surface area contributed by atoms with Gasteiger partial charge in [-0.05, 0) is 36.9 Å². The molecule has 0 radical (unpaired) electrons. The van der Waals surface area contributed by atoms with Gasteiger partial charge in [-0.2, -0.15) is 0 Å². The molecule has 15 heavy (non-hydrogen) atoms. The maximum absolute atomic E-state index is 5.48. The molecule has 2 rings (SSSR count). The maximum Gasteiger partial charge on any atom is 0.0519 e. The first-order valence-electron chi connectivity index (χ1n) is 5.74. The van der Waals surface area contributed by atoms with E-state index in [-0.39, 0.29) is 0 Å². The zero-order valence-electron chi connectivity index (χ0n) is 9.11. The molecule has 1 saturated heterocycles. The van der Waals surface area contributed by atoms with E-state index in [4.69, 9.17) is 10.5 Å². The number of ether oxygens (including phenoxy) is 1. The lowest BCUT2D eigenvalue weighted by Gasteiger charge is -2.25. The lowest BCUT2D eigenvalue weighted by atomic mass is 9.97. The Morgan fingerprint density at radius 3 is 2.33 bits per heavy atom. The summed E-state index contributed by atoms with van der Waals surface area (Å²) < 4.78 is 5.17. The Kier molecular flexibility index (Phi) is 3.75. The van der Waals surface area contributed by atoms with Crippen LogP contribution in [0.25, 0.3) is 0 Å². The highest BCUT2D eigenvalue weighted by Gasteiger charge is 2.18. The predicted molar refractivity (Wildman–Crippen MR) is 61.8 cm³/mol. The Labute approximate surface area is 91.4 Å². The standard InChI is InChI=1S/C13H19NO/c14-7-1-2-11-3-5-12(6-4-11)8-13-9-15-10-13/h3-6,13H,1-2,7-10,14H2. The molecule has 0 amide bonds. The second kappa shape index (κ2) is 5.29. The summed E-state index contributed by atoms with van der Waals surface area (Å²) in [7, 11) is 0. The first kappa shape index (κ1) is 10.7. The van der Waals surface area contributed by atoms with E-state index >= 15 is 0 Å². The van der Waals surface area contributed by atoms with Gasteiger partial charge in [0.1, 0.15) is 0 Å². The second-order valence-corrected chi connectivity index (χ2v) is 4.32. The van der Waals surface area contributed by atoms with Gasteiger partial charge in [0.05, 0.1) is 13.2 Å². The third-order valence-electron chi connectivity index (χ3n) is 2.92. The molecule has 0 saturated carbocycles. The fraction of sp³-hybridized carbons (Fsp3) is 0.538. The molecule has 0 atom stereocenters. The number of hydrogen-bond acceptors (Lipinski definition) is 2. The van der Waals surface area contributed by atoms with E-state index < -0.39 is 0 Å². The summed E-state index contributed by atoms with van der Waals surface area (Å²) in [4.78, 5) is 0. The minimum absolute atomic E-state index is 0.750. The van der Waals surface area contributed by atoms with Gasteiger partial charge in [0.2, 0.25) is 0 Å². The van der Waals surface area contributed by atoms with Gasteiger partial charge < -0.3 is 10.5 Å². The van der Waals surface area contributed by atoms with E-state index in [1.54, 1.807) is 0 Å². The summed E-state index contributed by atoms with van der Waals surface area (Å²) in [6.45, 7) is 2.66. The average molecular weight is 205 g/mol. The Bertz CT molecular complexity index is 290. The zero-order valence-corrected chi connectivity index (χ0v) is 9.11. The Morgan fingerprint density at radius 2 is 1.80 bits per heavy atom. The van der Waals surface area contributed by atoms with E-state index in [9.17, 15) is 0 Å². The van der Waals surface area contributed by atoms with Crippen LogP contribution in [-0.2, 0) is 17.6 Å². The van der Waals surface area contributed by atoms with Crippen molar-refractivity contribution in [2.24, 2.45) is 11.7 Å². The van der Waals surface area contributed by atoms with Gasteiger partial charge in [-0.25, -0.2) is 0 Å². The number of rotatable bonds is 5. The van der Waals surface area contributed by atoms with Crippen molar-refractivity contribution >= 4 is 0 Å². The van der Waals surface area contributed by atoms with Crippen LogP contribution in [0.15, 0.2) is 24.3 Å². The fourth-order valence-corrected chi connectivity index (χ4v) is 1.88. The Balaban J connectivity index is 1.85. The summed E-state index contributed by atoms with van der Waals surface area (Å²) in [5.74, 6) is 0.750. The molecule has 0 unspecified atom stereocenters. The molecule has 2 nitrogen and oxygen atoms in total. The smallest absolute Gasteiger partial charge is 0.0519 e. The third kappa shape index (κ3) is 3.05. The van der Waals surface area contributed by atoms with Crippen LogP contribution < -0.4 is 5.73 Å². The summed E-state index contributed by atoms with van der Waals surface area (Å²) >= 11 is 0. The van der Waals surface area contributed by atoms with Gasteiger partial charge in [-0.3, -0.25) is 0 Å². The molecule has 82 valence electrons. The third-order valence-corrected chi connectivity index (χ3v) is 2.92. The first-order chi connectivity index (χ1) is 7.38. The largest absolute Gasteiger partial charge is 0.381 e. The first-order valence-corrected chi connectivity index (χ1v) is 5.74. The maximum atomic E-state index is 5.48. The van der Waals surface area contributed by atoms with Crippen LogP contribution in [0.3, 0.4) is 0 Å². The molecule has 1 heterocycles. The molecule has 0 aliphatic carbocycles. The van der Waals surface area contributed by atoms with Gasteiger partial charge in [0, 0.05) is 5.92 Å². The number of aryl methyl sites for hydroxylation is 1. The van der Waals surface area contributed by atoms with E-state index in [2.05, 4.69) is 24.3 Å². The van der Waals surface area contributed by atoms with Crippen molar-refractivity contribution in [3.05, 3.63) is 35.4 Å². The highest BCUT2D eigenvalue weighted by Crippen LogP contribution is 2.17. The van der Waals surface area contributed by atoms with Crippen LogP contribution in [0, 0.1) is 5.92 Å². The number of benzene rings is 1. The minimum Gasteiger partial charge on any atom is -0.381 e. The summed E-state index contributed by atoms with van der Waals surface area (Å²) in [6.07, 6.45) is 3.34. The summed E-state index contributed by atoms with van der Waals surface area (Å²) in [5.41, 5.74) is 8.31. The molecule has 1 aromatic carbocycles. The van der Waals surface area contributed by atoms with E-state index in [0.29, 0.717) is 0 Å². The van der Waals surface area contributed by atoms with Crippen molar-refractivity contribution in [1.29, 1.82) is 0 Å². The van der Waals surface area contributed by atoms with Crippen LogP contribution >= 0.6 is 0 Å². The molecule has 0 aromatic heterocycles. The lowest BCUT2D eigenvalue weighted by Crippen LogP contribution is -2.29. The molecule has 2 N–H and O–H groups in total. The molecule has 1 fully saturated rings. The lowest BCUT2D eigenvalue weighted by molar-refractivity contribution is -0.0312. The Morgan fingerprint density at radius 1 is 1.13 bits per heavy atom. The monoisotopic (exact) mass is 205 g/mol. The highest BCUT2D eigenvalue weighted by atomic mass is 16.5. The van der Waals surface area contributed by atoms with Crippen LogP contribution in [0.1, 0.15) is 17.5 Å². The Hall–Kier alpha value is -0.860. The van der Waals surface area contributed by atoms with Crippen LogP contribution in [-0.4, -0.2) is 19.8 Å². The predicted octanol–water partition coefficient (Wildman–Crippen LogP) is 1.77. The van der Waals surface area contributed by atoms with Crippen molar-refractivity contribution in [2.75, 3.05) is 19.8 Å². The number of nitrogens with two attached hydrogens (primary N) is 1. The summed E-state index contributed by atoms with van der Waals surface area (Å²) in [6, 6.07) is 8.93. The molecule has 1 aliphatic rings. The fourth-order valence-electron chi connectivity index (χ4n) is 1.88. The quantitative estimate of drug-likeness (QED) is 0.795. The number of hydrogen-bond donors (Lipinski definition) is 1. The molecule has 2 heteroatoms. The zero-order chi connectivity index (χ0) is 10.5. The van der Waals surface area contributed by atoms with Gasteiger partial charge in [0.15, 0.2) is 0 Å².